The molecule has 1 saturated heterocycles. The third kappa shape index (κ3) is 4.86. The van der Waals surface area contributed by atoms with Gasteiger partial charge in [0.25, 0.3) is 0 Å². The Balaban J connectivity index is 1.65. The highest BCUT2D eigenvalue weighted by atomic mass is 19.4. The molecule has 0 atom stereocenters. The van der Waals surface area contributed by atoms with Crippen molar-refractivity contribution < 1.29 is 17.6 Å². The molecule has 3 heterocycles. The van der Waals surface area contributed by atoms with Crippen molar-refractivity contribution in [2.75, 3.05) is 36.0 Å². The summed E-state index contributed by atoms with van der Waals surface area (Å²) in [6.07, 6.45) is -3.03. The molecule has 184 valence electrons. The summed E-state index contributed by atoms with van der Waals surface area (Å²) in [6, 6.07) is 18.5. The van der Waals surface area contributed by atoms with Crippen LogP contribution in [0.15, 0.2) is 72.9 Å². The highest BCUT2D eigenvalue weighted by molar-refractivity contribution is 5.89. The van der Waals surface area contributed by atoms with Crippen LogP contribution < -0.4 is 9.80 Å². The van der Waals surface area contributed by atoms with Crippen LogP contribution in [0, 0.1) is 12.7 Å². The van der Waals surface area contributed by atoms with Crippen LogP contribution in [-0.2, 0) is 6.18 Å². The highest BCUT2D eigenvalue weighted by Crippen LogP contribution is 2.41. The summed E-state index contributed by atoms with van der Waals surface area (Å²) in [5, 5.41) is 0. The van der Waals surface area contributed by atoms with Gasteiger partial charge < -0.3 is 9.80 Å². The first-order valence-corrected chi connectivity index (χ1v) is 11.5. The summed E-state index contributed by atoms with van der Waals surface area (Å²) in [7, 11) is 0. The van der Waals surface area contributed by atoms with Gasteiger partial charge in [0.2, 0.25) is 5.82 Å². The molecule has 2 aromatic carbocycles. The van der Waals surface area contributed by atoms with E-state index in [-0.39, 0.29) is 11.5 Å². The second-order valence-electron chi connectivity index (χ2n) is 8.63. The zero-order valence-corrected chi connectivity index (χ0v) is 19.5. The molecule has 0 bridgehead atoms. The Kier molecular flexibility index (Phi) is 6.30. The fourth-order valence-corrected chi connectivity index (χ4v) is 4.38. The van der Waals surface area contributed by atoms with Crippen LogP contribution in [0.3, 0.4) is 0 Å². The predicted molar refractivity (Wildman–Crippen MR) is 131 cm³/mol. The lowest BCUT2D eigenvalue weighted by molar-refractivity contribution is -0.144. The van der Waals surface area contributed by atoms with E-state index in [0.717, 1.165) is 11.4 Å². The molecule has 1 fully saturated rings. The number of pyridine rings is 1. The Morgan fingerprint density at radius 3 is 2.14 bits per heavy atom. The number of alkyl halides is 3. The van der Waals surface area contributed by atoms with Gasteiger partial charge in [-0.3, -0.25) is 0 Å². The molecule has 5 rings (SSSR count). The molecular weight excluding hydrogens is 470 g/mol. The fraction of sp³-hybridized carbons (Fsp3) is 0.222. The lowest BCUT2D eigenvalue weighted by Gasteiger charge is -2.37. The summed E-state index contributed by atoms with van der Waals surface area (Å²) in [5.41, 5.74) is 2.64. The van der Waals surface area contributed by atoms with Gasteiger partial charge in [0.1, 0.15) is 17.5 Å². The van der Waals surface area contributed by atoms with E-state index in [9.17, 15) is 17.6 Å². The average molecular weight is 494 g/mol. The summed E-state index contributed by atoms with van der Waals surface area (Å²) in [4.78, 5) is 16.4. The number of aryl methyl sites for hydroxylation is 1. The van der Waals surface area contributed by atoms with Crippen LogP contribution in [0.4, 0.5) is 29.2 Å². The summed E-state index contributed by atoms with van der Waals surface area (Å²) < 4.78 is 55.5. The molecule has 0 aliphatic carbocycles. The molecule has 0 saturated carbocycles. The van der Waals surface area contributed by atoms with Crippen molar-refractivity contribution in [2.45, 2.75) is 13.1 Å². The number of anilines is 2. The standard InChI is InChI=1S/C27H23F4N5/c1-18-5-4-6-20(17-18)23-24(19-8-10-21(28)11-9-19)33-26(27(29,30)31)34-25(23)36-15-13-35(14-16-36)22-7-2-3-12-32-22/h2-12,17H,13-16H2,1H3. The normalized spacial score (nSPS) is 14.2. The molecule has 1 aliphatic rings. The number of benzene rings is 2. The second kappa shape index (κ2) is 9.56. The molecule has 5 nitrogen and oxygen atoms in total. The van der Waals surface area contributed by atoms with Crippen molar-refractivity contribution in [3.05, 3.63) is 90.1 Å². The number of aromatic nitrogens is 3. The van der Waals surface area contributed by atoms with E-state index in [4.69, 9.17) is 0 Å². The van der Waals surface area contributed by atoms with Gasteiger partial charge in [-0.05, 0) is 48.9 Å². The minimum atomic E-state index is -4.75. The largest absolute Gasteiger partial charge is 0.451 e. The van der Waals surface area contributed by atoms with Gasteiger partial charge in [0.05, 0.1) is 11.3 Å². The minimum Gasteiger partial charge on any atom is -0.353 e. The van der Waals surface area contributed by atoms with E-state index in [1.807, 2.05) is 54.3 Å². The van der Waals surface area contributed by atoms with E-state index in [1.54, 1.807) is 6.20 Å². The lowest BCUT2D eigenvalue weighted by atomic mass is 9.97. The van der Waals surface area contributed by atoms with Gasteiger partial charge in [-0.1, -0.05) is 35.9 Å². The zero-order valence-electron chi connectivity index (χ0n) is 19.5. The molecule has 0 amide bonds. The van der Waals surface area contributed by atoms with Gasteiger partial charge in [-0.2, -0.15) is 13.2 Å². The molecule has 9 heteroatoms. The Hall–Kier alpha value is -4.01. The number of halogens is 4. The third-order valence-corrected chi connectivity index (χ3v) is 6.12. The van der Waals surface area contributed by atoms with Gasteiger partial charge >= 0.3 is 6.18 Å². The van der Waals surface area contributed by atoms with Gasteiger partial charge in [-0.15, -0.1) is 0 Å². The Labute approximate surface area is 206 Å². The van der Waals surface area contributed by atoms with Crippen LogP contribution in [0.5, 0.6) is 0 Å². The Morgan fingerprint density at radius 1 is 0.778 bits per heavy atom. The highest BCUT2D eigenvalue weighted by Gasteiger charge is 2.38. The molecule has 1 aliphatic heterocycles. The Morgan fingerprint density at radius 2 is 1.50 bits per heavy atom. The average Bonchev–Trinajstić information content (AvgIpc) is 2.88. The number of hydrogen-bond acceptors (Lipinski definition) is 5. The molecular formula is C27H23F4N5. The van der Waals surface area contributed by atoms with E-state index >= 15 is 0 Å². The Bertz CT molecular complexity index is 1350. The minimum absolute atomic E-state index is 0.116. The van der Waals surface area contributed by atoms with Crippen LogP contribution in [0.2, 0.25) is 0 Å². The van der Waals surface area contributed by atoms with E-state index in [0.29, 0.717) is 42.9 Å². The second-order valence-corrected chi connectivity index (χ2v) is 8.63. The molecule has 0 spiro atoms. The number of nitrogens with zero attached hydrogens (tertiary/aromatic N) is 5. The summed E-state index contributed by atoms with van der Waals surface area (Å²) in [6.45, 7) is 3.96. The van der Waals surface area contributed by atoms with Crippen molar-refractivity contribution in [3.63, 3.8) is 0 Å². The van der Waals surface area contributed by atoms with Crippen molar-refractivity contribution in [2.24, 2.45) is 0 Å². The van der Waals surface area contributed by atoms with Crippen molar-refractivity contribution in [1.29, 1.82) is 0 Å². The first-order valence-electron chi connectivity index (χ1n) is 11.5. The smallest absolute Gasteiger partial charge is 0.353 e. The van der Waals surface area contributed by atoms with Crippen LogP contribution in [0.25, 0.3) is 22.4 Å². The van der Waals surface area contributed by atoms with Crippen molar-refractivity contribution in [3.8, 4) is 22.4 Å². The molecule has 0 radical (unpaired) electrons. The maximum Gasteiger partial charge on any atom is 0.451 e. The summed E-state index contributed by atoms with van der Waals surface area (Å²) >= 11 is 0. The molecule has 36 heavy (non-hydrogen) atoms. The molecule has 2 aromatic heterocycles. The monoisotopic (exact) mass is 493 g/mol. The van der Waals surface area contributed by atoms with Crippen LogP contribution >= 0.6 is 0 Å². The predicted octanol–water partition coefficient (Wildman–Crippen LogP) is 6.00. The first-order chi connectivity index (χ1) is 17.3. The number of piperazine rings is 1. The lowest BCUT2D eigenvalue weighted by Crippen LogP contribution is -2.47. The van der Waals surface area contributed by atoms with E-state index < -0.39 is 17.8 Å². The zero-order chi connectivity index (χ0) is 25.3. The van der Waals surface area contributed by atoms with E-state index in [2.05, 4.69) is 19.9 Å². The van der Waals surface area contributed by atoms with Gasteiger partial charge in [0.15, 0.2) is 0 Å². The molecule has 0 N–H and O–H groups in total. The van der Waals surface area contributed by atoms with E-state index in [1.165, 1.54) is 24.3 Å². The maximum atomic E-state index is 14.0. The summed E-state index contributed by atoms with van der Waals surface area (Å²) in [5.74, 6) is -0.670. The van der Waals surface area contributed by atoms with Crippen molar-refractivity contribution in [1.82, 2.24) is 15.0 Å². The van der Waals surface area contributed by atoms with Gasteiger partial charge in [0, 0.05) is 37.9 Å². The fourth-order valence-electron chi connectivity index (χ4n) is 4.38. The quantitative estimate of drug-likeness (QED) is 0.327. The topological polar surface area (TPSA) is 45.2 Å². The SMILES string of the molecule is Cc1cccc(-c2c(-c3ccc(F)cc3)nc(C(F)(F)F)nc2N2CCN(c3ccccn3)CC2)c1. The first kappa shape index (κ1) is 23.7. The number of hydrogen-bond donors (Lipinski definition) is 0. The number of rotatable bonds is 4. The molecule has 4 aromatic rings. The third-order valence-electron chi connectivity index (χ3n) is 6.12. The van der Waals surface area contributed by atoms with Crippen molar-refractivity contribution >= 4 is 11.6 Å². The van der Waals surface area contributed by atoms with Crippen LogP contribution in [0.1, 0.15) is 11.4 Å². The maximum absolute atomic E-state index is 14.0. The van der Waals surface area contributed by atoms with Crippen LogP contribution in [-0.4, -0.2) is 41.1 Å². The molecule has 0 unspecified atom stereocenters. The van der Waals surface area contributed by atoms with Gasteiger partial charge in [-0.25, -0.2) is 19.3 Å².